The van der Waals surface area contributed by atoms with Crippen molar-refractivity contribution in [2.45, 2.75) is 82.4 Å². The standard InChI is InChI=1S/C22H34O6/c1-2-18(24)21-16-19(25)20(28-21)15-14-17(23)12-10-8-6-4-3-5-7-9-11-13-22(26)27/h3-4,7-10,14-15,17-21,23-25H,2,5-6,11-13,16H2,1H3,(H,26,27)/b4-3-,9-7-,10-8-,15-14+/t17-,18+,19+,20+,21+/m0/s1. The highest BCUT2D eigenvalue weighted by atomic mass is 16.5. The van der Waals surface area contributed by atoms with Crippen molar-refractivity contribution in [1.29, 1.82) is 0 Å². The third-order valence-corrected chi connectivity index (χ3v) is 4.50. The third-order valence-electron chi connectivity index (χ3n) is 4.50. The molecular weight excluding hydrogens is 360 g/mol. The summed E-state index contributed by atoms with van der Waals surface area (Å²) >= 11 is 0. The fraction of sp³-hybridized carbons (Fsp3) is 0.591. The van der Waals surface area contributed by atoms with Gasteiger partial charge in [0.15, 0.2) is 0 Å². The van der Waals surface area contributed by atoms with Gasteiger partial charge in [-0.05, 0) is 32.1 Å². The molecule has 0 bridgehead atoms. The summed E-state index contributed by atoms with van der Waals surface area (Å²) in [6.45, 7) is 1.87. The van der Waals surface area contributed by atoms with Crippen molar-refractivity contribution in [1.82, 2.24) is 0 Å². The van der Waals surface area contributed by atoms with Gasteiger partial charge in [-0.1, -0.05) is 55.5 Å². The SMILES string of the molecule is CC[C@@H](O)[C@H]1C[C@@H](O)[C@@H](/C=C/[C@@H](O)C/C=C\C/C=C\C/C=C\CCC(=O)O)O1. The number of hydrogen-bond acceptors (Lipinski definition) is 5. The number of aliphatic carboxylic acids is 1. The number of aliphatic hydroxyl groups is 3. The van der Waals surface area contributed by atoms with Crippen LogP contribution in [0.25, 0.3) is 0 Å². The molecule has 5 atom stereocenters. The first kappa shape index (κ1) is 24.3. The van der Waals surface area contributed by atoms with Gasteiger partial charge in [0.1, 0.15) is 6.10 Å². The number of carbonyl (C=O) groups is 1. The lowest BCUT2D eigenvalue weighted by atomic mass is 10.1. The molecule has 4 N–H and O–H groups in total. The van der Waals surface area contributed by atoms with Crippen LogP contribution >= 0.6 is 0 Å². The Kier molecular flexibility index (Phi) is 12.4. The molecule has 158 valence electrons. The third kappa shape index (κ3) is 10.6. The number of aliphatic hydroxyl groups excluding tert-OH is 3. The Morgan fingerprint density at radius 3 is 2.39 bits per heavy atom. The van der Waals surface area contributed by atoms with Gasteiger partial charge in [-0.3, -0.25) is 4.79 Å². The minimum Gasteiger partial charge on any atom is -0.481 e. The lowest BCUT2D eigenvalue weighted by Crippen LogP contribution is -2.25. The highest BCUT2D eigenvalue weighted by molar-refractivity contribution is 5.66. The molecule has 0 radical (unpaired) electrons. The van der Waals surface area contributed by atoms with Crippen molar-refractivity contribution >= 4 is 5.97 Å². The van der Waals surface area contributed by atoms with Crippen LogP contribution in [0.2, 0.25) is 0 Å². The van der Waals surface area contributed by atoms with E-state index in [1.165, 1.54) is 0 Å². The molecule has 1 aliphatic rings. The molecule has 0 amide bonds. The molecule has 6 nitrogen and oxygen atoms in total. The Bertz CT molecular complexity index is 551. The summed E-state index contributed by atoms with van der Waals surface area (Å²) in [5.74, 6) is -0.784. The van der Waals surface area contributed by atoms with Crippen molar-refractivity contribution < 1.29 is 30.0 Å². The maximum Gasteiger partial charge on any atom is 0.303 e. The summed E-state index contributed by atoms with van der Waals surface area (Å²) in [4.78, 5) is 10.3. The number of hydrogen-bond donors (Lipinski definition) is 4. The van der Waals surface area contributed by atoms with Crippen molar-refractivity contribution in [2.24, 2.45) is 0 Å². The monoisotopic (exact) mass is 394 g/mol. The quantitative estimate of drug-likeness (QED) is 0.358. The van der Waals surface area contributed by atoms with E-state index in [2.05, 4.69) is 0 Å². The summed E-state index contributed by atoms with van der Waals surface area (Å²) < 4.78 is 5.63. The molecule has 0 unspecified atom stereocenters. The largest absolute Gasteiger partial charge is 0.481 e. The first-order valence-corrected chi connectivity index (χ1v) is 9.98. The van der Waals surface area contributed by atoms with Crippen LogP contribution in [0.1, 0.15) is 51.9 Å². The molecule has 0 spiro atoms. The zero-order chi connectivity index (χ0) is 20.8. The second-order valence-corrected chi connectivity index (χ2v) is 6.92. The van der Waals surface area contributed by atoms with E-state index in [9.17, 15) is 20.1 Å². The second kappa shape index (κ2) is 14.3. The normalized spacial score (nSPS) is 25.5. The smallest absolute Gasteiger partial charge is 0.303 e. The Labute approximate surface area is 167 Å². The highest BCUT2D eigenvalue weighted by Gasteiger charge is 2.35. The lowest BCUT2D eigenvalue weighted by molar-refractivity contribution is -0.136. The molecule has 1 heterocycles. The maximum atomic E-state index is 10.3. The molecule has 1 rings (SSSR count). The fourth-order valence-electron chi connectivity index (χ4n) is 2.82. The van der Waals surface area contributed by atoms with Crippen LogP contribution in [0.4, 0.5) is 0 Å². The van der Waals surface area contributed by atoms with E-state index in [0.717, 1.165) is 12.8 Å². The summed E-state index contributed by atoms with van der Waals surface area (Å²) in [5, 5.41) is 38.3. The van der Waals surface area contributed by atoms with Gasteiger partial charge in [-0.2, -0.15) is 0 Å². The van der Waals surface area contributed by atoms with Crippen LogP contribution in [0.5, 0.6) is 0 Å². The molecule has 1 aliphatic heterocycles. The number of ether oxygens (including phenoxy) is 1. The van der Waals surface area contributed by atoms with Gasteiger partial charge in [-0.25, -0.2) is 0 Å². The Hall–Kier alpha value is -1.73. The van der Waals surface area contributed by atoms with E-state index in [4.69, 9.17) is 9.84 Å². The van der Waals surface area contributed by atoms with E-state index in [0.29, 0.717) is 25.7 Å². The van der Waals surface area contributed by atoms with Crippen LogP contribution < -0.4 is 0 Å². The predicted octanol–water partition coefficient (Wildman–Crippen LogP) is 2.90. The van der Waals surface area contributed by atoms with Crippen molar-refractivity contribution in [2.75, 3.05) is 0 Å². The van der Waals surface area contributed by atoms with Crippen LogP contribution in [-0.2, 0) is 9.53 Å². The average molecular weight is 395 g/mol. The molecule has 1 saturated heterocycles. The minimum atomic E-state index is -0.784. The number of carboxylic acids is 1. The Balaban J connectivity index is 2.18. The van der Waals surface area contributed by atoms with E-state index in [1.54, 1.807) is 12.2 Å². The molecule has 0 aromatic rings. The zero-order valence-electron chi connectivity index (χ0n) is 16.6. The summed E-state index contributed by atoms with van der Waals surface area (Å²) in [7, 11) is 0. The van der Waals surface area contributed by atoms with E-state index < -0.39 is 30.4 Å². The van der Waals surface area contributed by atoms with Crippen molar-refractivity contribution in [3.05, 3.63) is 48.6 Å². The van der Waals surface area contributed by atoms with Crippen molar-refractivity contribution in [3.8, 4) is 0 Å². The van der Waals surface area contributed by atoms with Crippen molar-refractivity contribution in [3.63, 3.8) is 0 Å². The molecule has 0 aromatic heterocycles. The van der Waals surface area contributed by atoms with Gasteiger partial charge in [0.2, 0.25) is 0 Å². The molecule has 1 fully saturated rings. The van der Waals surface area contributed by atoms with Gasteiger partial charge >= 0.3 is 5.97 Å². The molecule has 0 aliphatic carbocycles. The highest BCUT2D eigenvalue weighted by Crippen LogP contribution is 2.25. The fourth-order valence-corrected chi connectivity index (χ4v) is 2.82. The van der Waals surface area contributed by atoms with E-state index in [-0.39, 0.29) is 12.5 Å². The van der Waals surface area contributed by atoms with Crippen LogP contribution in [0.15, 0.2) is 48.6 Å². The lowest BCUT2D eigenvalue weighted by Gasteiger charge is -2.16. The molecule has 6 heteroatoms. The van der Waals surface area contributed by atoms with Gasteiger partial charge in [0, 0.05) is 12.8 Å². The maximum absolute atomic E-state index is 10.3. The zero-order valence-corrected chi connectivity index (χ0v) is 16.6. The van der Waals surface area contributed by atoms with E-state index in [1.807, 2.05) is 43.4 Å². The molecule has 28 heavy (non-hydrogen) atoms. The van der Waals surface area contributed by atoms with Gasteiger partial charge < -0.3 is 25.2 Å². The number of allylic oxidation sites excluding steroid dienone is 5. The Morgan fingerprint density at radius 2 is 1.75 bits per heavy atom. The summed E-state index contributed by atoms with van der Waals surface area (Å²) in [6, 6.07) is 0. The van der Waals surface area contributed by atoms with Gasteiger partial charge in [0.25, 0.3) is 0 Å². The average Bonchev–Trinajstić information content (AvgIpc) is 3.04. The minimum absolute atomic E-state index is 0.160. The van der Waals surface area contributed by atoms with Crippen LogP contribution in [0, 0.1) is 0 Å². The summed E-state index contributed by atoms with van der Waals surface area (Å²) in [6.07, 6.45) is 16.0. The van der Waals surface area contributed by atoms with Crippen LogP contribution in [-0.4, -0.2) is 56.9 Å². The number of carboxylic acid groups (broad SMARTS) is 1. The summed E-state index contributed by atoms with van der Waals surface area (Å²) in [5.41, 5.74) is 0. The topological polar surface area (TPSA) is 107 Å². The molecule has 0 saturated carbocycles. The van der Waals surface area contributed by atoms with Crippen LogP contribution in [0.3, 0.4) is 0 Å². The molecular formula is C22H34O6. The Morgan fingerprint density at radius 1 is 1.11 bits per heavy atom. The van der Waals surface area contributed by atoms with Gasteiger partial charge in [0.05, 0.1) is 24.4 Å². The molecule has 0 aromatic carbocycles. The predicted molar refractivity (Wildman–Crippen MR) is 109 cm³/mol. The second-order valence-electron chi connectivity index (χ2n) is 6.92. The first-order chi connectivity index (χ1) is 13.4. The van der Waals surface area contributed by atoms with Gasteiger partial charge in [-0.15, -0.1) is 0 Å². The first-order valence-electron chi connectivity index (χ1n) is 9.98. The van der Waals surface area contributed by atoms with E-state index >= 15 is 0 Å². The number of rotatable bonds is 13.